The molecule has 1 aromatic rings. The van der Waals surface area contributed by atoms with E-state index in [1.807, 2.05) is 4.90 Å². The number of piperidine rings is 1. The lowest BCUT2D eigenvalue weighted by molar-refractivity contribution is -0.135. The zero-order chi connectivity index (χ0) is 18.7. The van der Waals surface area contributed by atoms with Crippen molar-refractivity contribution < 1.29 is 18.3 Å². The second-order valence-corrected chi connectivity index (χ2v) is 7.56. The van der Waals surface area contributed by atoms with Crippen molar-refractivity contribution in [1.29, 1.82) is 0 Å². The summed E-state index contributed by atoms with van der Waals surface area (Å²) in [5.41, 5.74) is 6.67. The fourth-order valence-electron chi connectivity index (χ4n) is 4.29. The van der Waals surface area contributed by atoms with Gasteiger partial charge in [0.1, 0.15) is 11.6 Å². The standard InChI is InChI=1S/C20H28F2N2O2/c1-13(25)24-10-2-3-19(23)20(24)12-26-16-7-4-14(5-8-16)17-11-15(21)6-9-18(17)22/h6,9,11,14,16,19-20H,2-5,7-8,10,12,23H2,1H3. The third-order valence-corrected chi connectivity index (χ3v) is 5.81. The predicted octanol–water partition coefficient (Wildman–Crippen LogP) is 3.35. The molecule has 1 aliphatic carbocycles. The van der Waals surface area contributed by atoms with Crippen LogP contribution in [0.2, 0.25) is 0 Å². The van der Waals surface area contributed by atoms with Gasteiger partial charge in [-0.2, -0.15) is 0 Å². The van der Waals surface area contributed by atoms with Crippen LogP contribution in [0.4, 0.5) is 8.78 Å². The molecule has 1 saturated carbocycles. The Hall–Kier alpha value is -1.53. The van der Waals surface area contributed by atoms with E-state index in [1.165, 1.54) is 12.1 Å². The summed E-state index contributed by atoms with van der Waals surface area (Å²) >= 11 is 0. The molecule has 0 spiro atoms. The molecule has 2 aliphatic rings. The molecular weight excluding hydrogens is 338 g/mol. The number of hydrogen-bond acceptors (Lipinski definition) is 3. The number of likely N-dealkylation sites (tertiary alicyclic amines) is 1. The minimum absolute atomic E-state index is 0.0382. The van der Waals surface area contributed by atoms with Crippen molar-refractivity contribution in [3.05, 3.63) is 35.4 Å². The van der Waals surface area contributed by atoms with E-state index in [1.54, 1.807) is 6.92 Å². The van der Waals surface area contributed by atoms with Gasteiger partial charge < -0.3 is 15.4 Å². The van der Waals surface area contributed by atoms with Crippen LogP contribution in [0.15, 0.2) is 18.2 Å². The lowest BCUT2D eigenvalue weighted by Crippen LogP contribution is -2.56. The summed E-state index contributed by atoms with van der Waals surface area (Å²) in [4.78, 5) is 13.6. The molecule has 144 valence electrons. The number of halogens is 2. The van der Waals surface area contributed by atoms with Crippen molar-refractivity contribution >= 4 is 5.91 Å². The van der Waals surface area contributed by atoms with Gasteiger partial charge in [0.25, 0.3) is 0 Å². The highest BCUT2D eigenvalue weighted by atomic mass is 19.1. The van der Waals surface area contributed by atoms with Gasteiger partial charge in [0, 0.05) is 19.5 Å². The third kappa shape index (κ3) is 4.41. The number of ether oxygens (including phenoxy) is 1. The topological polar surface area (TPSA) is 55.6 Å². The van der Waals surface area contributed by atoms with Crippen LogP contribution in [0.25, 0.3) is 0 Å². The maximum absolute atomic E-state index is 14.0. The Morgan fingerprint density at radius 3 is 2.65 bits per heavy atom. The summed E-state index contributed by atoms with van der Waals surface area (Å²) in [6.07, 6.45) is 5.10. The predicted molar refractivity (Wildman–Crippen MR) is 95.7 cm³/mol. The van der Waals surface area contributed by atoms with Crippen LogP contribution in [0, 0.1) is 11.6 Å². The normalized spacial score (nSPS) is 29.6. The summed E-state index contributed by atoms with van der Waals surface area (Å²) in [5, 5.41) is 0. The largest absolute Gasteiger partial charge is 0.376 e. The number of carbonyl (C=O) groups excluding carboxylic acids is 1. The van der Waals surface area contributed by atoms with Gasteiger partial charge in [-0.1, -0.05) is 0 Å². The molecule has 2 N–H and O–H groups in total. The number of amides is 1. The monoisotopic (exact) mass is 366 g/mol. The molecule has 0 bridgehead atoms. The van der Waals surface area contributed by atoms with Gasteiger partial charge in [-0.15, -0.1) is 0 Å². The summed E-state index contributed by atoms with van der Waals surface area (Å²) in [6.45, 7) is 2.76. The fraction of sp³-hybridized carbons (Fsp3) is 0.650. The van der Waals surface area contributed by atoms with Crippen LogP contribution in [-0.2, 0) is 9.53 Å². The zero-order valence-corrected chi connectivity index (χ0v) is 15.3. The summed E-state index contributed by atoms with van der Waals surface area (Å²) < 4.78 is 33.4. The molecule has 4 nitrogen and oxygen atoms in total. The maximum Gasteiger partial charge on any atom is 0.219 e. The van der Waals surface area contributed by atoms with Crippen LogP contribution >= 0.6 is 0 Å². The quantitative estimate of drug-likeness (QED) is 0.889. The second kappa shape index (κ2) is 8.44. The number of benzene rings is 1. The Morgan fingerprint density at radius 1 is 1.23 bits per heavy atom. The molecule has 26 heavy (non-hydrogen) atoms. The summed E-state index contributed by atoms with van der Waals surface area (Å²) in [5.74, 6) is -0.647. The van der Waals surface area contributed by atoms with Crippen molar-refractivity contribution in [1.82, 2.24) is 4.90 Å². The number of nitrogens with zero attached hydrogens (tertiary/aromatic N) is 1. The van der Waals surface area contributed by atoms with Gasteiger partial charge in [-0.05, 0) is 68.2 Å². The van der Waals surface area contributed by atoms with Crippen LogP contribution in [0.1, 0.15) is 56.9 Å². The van der Waals surface area contributed by atoms with Crippen molar-refractivity contribution in [3.63, 3.8) is 0 Å². The van der Waals surface area contributed by atoms with Gasteiger partial charge in [-0.25, -0.2) is 8.78 Å². The van der Waals surface area contributed by atoms with E-state index in [-0.39, 0.29) is 35.8 Å². The van der Waals surface area contributed by atoms with Crippen LogP contribution in [0.3, 0.4) is 0 Å². The molecule has 2 atom stereocenters. The fourth-order valence-corrected chi connectivity index (χ4v) is 4.29. The van der Waals surface area contributed by atoms with Crippen LogP contribution < -0.4 is 5.73 Å². The summed E-state index contributed by atoms with van der Waals surface area (Å²) in [6, 6.07) is 3.55. The molecule has 1 heterocycles. The van der Waals surface area contributed by atoms with Crippen molar-refractivity contribution in [2.24, 2.45) is 5.73 Å². The zero-order valence-electron chi connectivity index (χ0n) is 15.3. The first-order chi connectivity index (χ1) is 12.5. The SMILES string of the molecule is CC(=O)N1CCCC(N)C1COC1CCC(c2cc(F)ccc2F)CC1. The molecule has 2 fully saturated rings. The van der Waals surface area contributed by atoms with Crippen LogP contribution in [-0.4, -0.2) is 42.1 Å². The first kappa shape index (κ1) is 19.2. The number of nitrogens with two attached hydrogens (primary N) is 1. The number of hydrogen-bond donors (Lipinski definition) is 1. The highest BCUT2D eigenvalue weighted by molar-refractivity contribution is 5.73. The Labute approximate surface area is 153 Å². The Balaban J connectivity index is 1.52. The summed E-state index contributed by atoms with van der Waals surface area (Å²) in [7, 11) is 0. The lowest BCUT2D eigenvalue weighted by atomic mass is 9.82. The highest BCUT2D eigenvalue weighted by Gasteiger charge is 2.32. The van der Waals surface area contributed by atoms with E-state index in [9.17, 15) is 13.6 Å². The molecule has 0 aromatic heterocycles. The van der Waals surface area contributed by atoms with Crippen LogP contribution in [0.5, 0.6) is 0 Å². The first-order valence-corrected chi connectivity index (χ1v) is 9.55. The molecule has 1 aliphatic heterocycles. The smallest absolute Gasteiger partial charge is 0.219 e. The molecule has 1 aromatic carbocycles. The molecule has 1 amide bonds. The minimum Gasteiger partial charge on any atom is -0.376 e. The van der Waals surface area contributed by atoms with Crippen molar-refractivity contribution in [2.75, 3.05) is 13.2 Å². The third-order valence-electron chi connectivity index (χ3n) is 5.81. The van der Waals surface area contributed by atoms with Gasteiger partial charge in [0.05, 0.1) is 18.8 Å². The molecule has 1 saturated heterocycles. The Kier molecular flexibility index (Phi) is 6.24. The molecular formula is C20H28F2N2O2. The van der Waals surface area contributed by atoms with E-state index < -0.39 is 5.82 Å². The molecule has 3 rings (SSSR count). The molecule has 2 unspecified atom stereocenters. The maximum atomic E-state index is 14.0. The average Bonchev–Trinajstić information content (AvgIpc) is 2.63. The van der Waals surface area contributed by atoms with E-state index >= 15 is 0 Å². The second-order valence-electron chi connectivity index (χ2n) is 7.56. The molecule has 6 heteroatoms. The van der Waals surface area contributed by atoms with Gasteiger partial charge in [-0.3, -0.25) is 4.79 Å². The van der Waals surface area contributed by atoms with Gasteiger partial charge in [0.15, 0.2) is 0 Å². The number of rotatable bonds is 4. The van der Waals surface area contributed by atoms with E-state index in [2.05, 4.69) is 0 Å². The van der Waals surface area contributed by atoms with Crippen molar-refractivity contribution in [2.45, 2.75) is 69.6 Å². The van der Waals surface area contributed by atoms with Crippen molar-refractivity contribution in [3.8, 4) is 0 Å². The van der Waals surface area contributed by atoms with E-state index in [4.69, 9.17) is 10.5 Å². The van der Waals surface area contributed by atoms with Gasteiger partial charge in [0.2, 0.25) is 5.91 Å². The highest BCUT2D eigenvalue weighted by Crippen LogP contribution is 2.35. The Bertz CT molecular complexity index is 632. The van der Waals surface area contributed by atoms with E-state index in [0.717, 1.165) is 51.1 Å². The molecule has 0 radical (unpaired) electrons. The first-order valence-electron chi connectivity index (χ1n) is 9.55. The van der Waals surface area contributed by atoms with E-state index in [0.29, 0.717) is 12.2 Å². The van der Waals surface area contributed by atoms with Gasteiger partial charge >= 0.3 is 0 Å². The lowest BCUT2D eigenvalue weighted by Gasteiger charge is -2.40. The minimum atomic E-state index is -0.393. The average molecular weight is 366 g/mol. The number of carbonyl (C=O) groups is 1. The Morgan fingerprint density at radius 2 is 1.96 bits per heavy atom.